The van der Waals surface area contributed by atoms with Crippen LogP contribution in [0.25, 0.3) is 23.0 Å². The Balaban J connectivity index is 1.22. The van der Waals surface area contributed by atoms with Crippen LogP contribution in [0.5, 0.6) is 0 Å². The third-order valence-corrected chi connectivity index (χ3v) is 8.23. The summed E-state index contributed by atoms with van der Waals surface area (Å²) < 4.78 is 22.4. The van der Waals surface area contributed by atoms with Gasteiger partial charge in [-0.25, -0.2) is 13.9 Å². The Morgan fingerprint density at radius 2 is 1.82 bits per heavy atom. The number of fused-ring (bicyclic) bond motifs is 1. The first-order chi connectivity index (χ1) is 18.5. The maximum atomic E-state index is 15.3. The first kappa shape index (κ1) is 25.0. The van der Waals surface area contributed by atoms with Gasteiger partial charge in [-0.1, -0.05) is 6.07 Å². The molecule has 11 heteroatoms. The zero-order chi connectivity index (χ0) is 26.2. The fourth-order valence-electron chi connectivity index (χ4n) is 4.99. The summed E-state index contributed by atoms with van der Waals surface area (Å²) in [4.78, 5) is 28.3. The van der Waals surface area contributed by atoms with Crippen molar-refractivity contribution in [3.63, 3.8) is 0 Å². The van der Waals surface area contributed by atoms with Crippen LogP contribution >= 0.6 is 11.8 Å². The number of hydrogen-bond donors (Lipinski definition) is 0. The van der Waals surface area contributed by atoms with Gasteiger partial charge in [-0.2, -0.15) is 10.1 Å². The molecule has 9 nitrogen and oxygen atoms in total. The molecule has 2 fully saturated rings. The molecule has 0 bridgehead atoms. The van der Waals surface area contributed by atoms with Crippen LogP contribution < -0.4 is 4.90 Å². The highest BCUT2D eigenvalue weighted by Crippen LogP contribution is 2.31. The molecule has 5 heterocycles. The lowest BCUT2D eigenvalue weighted by atomic mass is 10.1. The second-order valence-corrected chi connectivity index (χ2v) is 10.9. The minimum atomic E-state index is -0.267. The Morgan fingerprint density at radius 1 is 1.03 bits per heavy atom. The SMILES string of the molecule is CC(C)N1CCN(c2ccc(-c3cnc4ccc(C=C5SC(N6CCOCC6)=NC5=O)nn34)cc2F)CC1. The number of amides is 1. The molecule has 0 aliphatic carbocycles. The summed E-state index contributed by atoms with van der Waals surface area (Å²) in [6.45, 7) is 10.5. The number of aromatic nitrogens is 3. The number of carbonyl (C=O) groups is 1. The number of halogens is 1. The summed E-state index contributed by atoms with van der Waals surface area (Å²) in [7, 11) is 0. The second-order valence-electron chi connectivity index (χ2n) is 9.86. The van der Waals surface area contributed by atoms with E-state index >= 15 is 4.39 Å². The van der Waals surface area contributed by atoms with Crippen LogP contribution in [-0.4, -0.2) is 94.0 Å². The third kappa shape index (κ3) is 4.93. The van der Waals surface area contributed by atoms with Crippen molar-refractivity contribution in [2.45, 2.75) is 19.9 Å². The largest absolute Gasteiger partial charge is 0.378 e. The molecule has 38 heavy (non-hydrogen) atoms. The number of anilines is 1. The van der Waals surface area contributed by atoms with Gasteiger partial charge in [-0.05, 0) is 56.0 Å². The molecule has 0 spiro atoms. The van der Waals surface area contributed by atoms with Crippen LogP contribution in [0, 0.1) is 5.82 Å². The van der Waals surface area contributed by atoms with Crippen molar-refractivity contribution in [1.29, 1.82) is 0 Å². The number of amidine groups is 1. The van der Waals surface area contributed by atoms with Gasteiger partial charge in [-0.3, -0.25) is 9.69 Å². The summed E-state index contributed by atoms with van der Waals surface area (Å²) in [6.07, 6.45) is 3.44. The van der Waals surface area contributed by atoms with Crippen LogP contribution in [0.4, 0.5) is 10.1 Å². The number of imidazole rings is 1. The lowest BCUT2D eigenvalue weighted by molar-refractivity contribution is -0.113. The molecule has 0 unspecified atom stereocenters. The molecular formula is C27H30FN7O2S. The number of ether oxygens (including phenoxy) is 1. The molecule has 0 saturated carbocycles. The van der Waals surface area contributed by atoms with Crippen molar-refractivity contribution in [3.8, 4) is 11.3 Å². The molecule has 0 atom stereocenters. The van der Waals surface area contributed by atoms with E-state index < -0.39 is 0 Å². The molecule has 3 aliphatic rings. The van der Waals surface area contributed by atoms with E-state index in [1.807, 2.05) is 24.3 Å². The number of thioether (sulfide) groups is 1. The van der Waals surface area contributed by atoms with Gasteiger partial charge in [0.15, 0.2) is 10.8 Å². The van der Waals surface area contributed by atoms with E-state index in [2.05, 4.69) is 38.5 Å². The van der Waals surface area contributed by atoms with Gasteiger partial charge < -0.3 is 14.5 Å². The van der Waals surface area contributed by atoms with Crippen LogP contribution in [0.3, 0.4) is 0 Å². The molecule has 3 aliphatic heterocycles. The molecular weight excluding hydrogens is 505 g/mol. The molecule has 6 rings (SSSR count). The average molecular weight is 536 g/mol. The quantitative estimate of drug-likeness (QED) is 0.471. The fourth-order valence-corrected chi connectivity index (χ4v) is 5.93. The van der Waals surface area contributed by atoms with Gasteiger partial charge in [0.1, 0.15) is 5.82 Å². The predicted octanol–water partition coefficient (Wildman–Crippen LogP) is 3.37. The second kappa shape index (κ2) is 10.5. The Kier molecular flexibility index (Phi) is 6.89. The van der Waals surface area contributed by atoms with Crippen LogP contribution in [0.15, 0.2) is 46.4 Å². The topological polar surface area (TPSA) is 78.6 Å². The number of piperazine rings is 1. The van der Waals surface area contributed by atoms with Crippen molar-refractivity contribution in [3.05, 3.63) is 52.9 Å². The molecule has 1 amide bonds. The van der Waals surface area contributed by atoms with Crippen LogP contribution in [0.2, 0.25) is 0 Å². The van der Waals surface area contributed by atoms with Gasteiger partial charge in [0.05, 0.1) is 41.4 Å². The van der Waals surface area contributed by atoms with Gasteiger partial charge in [0.2, 0.25) is 0 Å². The average Bonchev–Trinajstić information content (AvgIpc) is 3.52. The summed E-state index contributed by atoms with van der Waals surface area (Å²) in [6, 6.07) is 9.48. The smallest absolute Gasteiger partial charge is 0.286 e. The van der Waals surface area contributed by atoms with E-state index in [-0.39, 0.29) is 11.7 Å². The fraction of sp³-hybridized carbons (Fsp3) is 0.407. The van der Waals surface area contributed by atoms with Crippen LogP contribution in [0.1, 0.15) is 19.5 Å². The number of aliphatic imine (C=N–C) groups is 1. The molecule has 3 aromatic rings. The summed E-state index contributed by atoms with van der Waals surface area (Å²) >= 11 is 1.36. The number of morpholine rings is 1. The Labute approximate surface area is 225 Å². The molecule has 0 N–H and O–H groups in total. The first-order valence-corrected chi connectivity index (χ1v) is 13.8. The number of nitrogens with zero attached hydrogens (tertiary/aromatic N) is 7. The highest BCUT2D eigenvalue weighted by molar-refractivity contribution is 8.18. The molecule has 1 aromatic carbocycles. The normalized spacial score (nSPS) is 20.3. The number of carbonyl (C=O) groups excluding carboxylic acids is 1. The number of benzene rings is 1. The highest BCUT2D eigenvalue weighted by atomic mass is 32.2. The summed E-state index contributed by atoms with van der Waals surface area (Å²) in [5.41, 5.74) is 3.25. The van der Waals surface area contributed by atoms with E-state index in [0.29, 0.717) is 57.6 Å². The summed E-state index contributed by atoms with van der Waals surface area (Å²) in [5, 5.41) is 5.41. The highest BCUT2D eigenvalue weighted by Gasteiger charge is 2.27. The minimum absolute atomic E-state index is 0.255. The zero-order valence-electron chi connectivity index (χ0n) is 21.5. The number of hydrogen-bond acceptors (Lipinski definition) is 8. The Morgan fingerprint density at radius 3 is 2.55 bits per heavy atom. The molecule has 2 saturated heterocycles. The molecule has 198 valence electrons. The van der Waals surface area contributed by atoms with Gasteiger partial charge in [0.25, 0.3) is 5.91 Å². The van der Waals surface area contributed by atoms with Gasteiger partial charge >= 0.3 is 0 Å². The standard InChI is InChI=1S/C27H30FN7O2S/c1-18(2)32-7-9-33(10-8-32)22-5-3-19(15-21(22)28)23-17-29-25-6-4-20(31-35(23)25)16-24-26(36)30-27(38-24)34-11-13-37-14-12-34/h3-6,15-18H,7-14H2,1-2H3. The third-order valence-electron chi connectivity index (χ3n) is 7.18. The van der Waals surface area contributed by atoms with Crippen molar-refractivity contribution in [1.82, 2.24) is 24.4 Å². The van der Waals surface area contributed by atoms with Gasteiger partial charge in [0, 0.05) is 50.9 Å². The van der Waals surface area contributed by atoms with Crippen molar-refractivity contribution >= 4 is 40.2 Å². The van der Waals surface area contributed by atoms with Crippen molar-refractivity contribution in [2.24, 2.45) is 4.99 Å². The lowest BCUT2D eigenvalue weighted by Gasteiger charge is -2.38. The van der Waals surface area contributed by atoms with E-state index in [1.54, 1.807) is 22.9 Å². The summed E-state index contributed by atoms with van der Waals surface area (Å²) in [5.74, 6) is -0.523. The zero-order valence-corrected chi connectivity index (χ0v) is 22.3. The van der Waals surface area contributed by atoms with E-state index in [1.165, 1.54) is 11.8 Å². The Hall–Kier alpha value is -3.28. The van der Waals surface area contributed by atoms with E-state index in [4.69, 9.17) is 9.84 Å². The van der Waals surface area contributed by atoms with E-state index in [9.17, 15) is 4.79 Å². The minimum Gasteiger partial charge on any atom is -0.378 e. The predicted molar refractivity (Wildman–Crippen MR) is 148 cm³/mol. The lowest BCUT2D eigenvalue weighted by Crippen LogP contribution is -2.49. The molecule has 0 radical (unpaired) electrons. The monoisotopic (exact) mass is 535 g/mol. The number of rotatable bonds is 4. The van der Waals surface area contributed by atoms with Gasteiger partial charge in [-0.15, -0.1) is 0 Å². The van der Waals surface area contributed by atoms with Crippen molar-refractivity contribution in [2.75, 3.05) is 57.4 Å². The Bertz CT molecular complexity index is 1420. The van der Waals surface area contributed by atoms with Crippen molar-refractivity contribution < 1.29 is 13.9 Å². The first-order valence-electron chi connectivity index (χ1n) is 13.0. The van der Waals surface area contributed by atoms with Crippen LogP contribution in [-0.2, 0) is 9.53 Å². The molecule has 2 aromatic heterocycles. The maximum Gasteiger partial charge on any atom is 0.286 e. The maximum absolute atomic E-state index is 15.3. The van der Waals surface area contributed by atoms with E-state index in [0.717, 1.165) is 39.3 Å².